The van der Waals surface area contributed by atoms with Crippen LogP contribution < -0.4 is 4.90 Å². The molecule has 0 bridgehead atoms. The van der Waals surface area contributed by atoms with Crippen molar-refractivity contribution in [1.82, 2.24) is 15.1 Å². The Hall–Kier alpha value is -3.47. The van der Waals surface area contributed by atoms with Gasteiger partial charge in [0.25, 0.3) is 0 Å². The summed E-state index contributed by atoms with van der Waals surface area (Å²) < 4.78 is 5.22. The minimum absolute atomic E-state index is 0.0417. The quantitative estimate of drug-likeness (QED) is 0.455. The molecule has 5 rings (SSSR count). The molecule has 156 valence electrons. The Kier molecular flexibility index (Phi) is 4.81. The molecule has 4 aromatic rings. The third kappa shape index (κ3) is 3.72. The molecule has 1 aliphatic heterocycles. The highest BCUT2D eigenvalue weighted by molar-refractivity contribution is 5.53. The van der Waals surface area contributed by atoms with Crippen molar-refractivity contribution in [3.8, 4) is 11.6 Å². The number of aryl methyl sites for hydroxylation is 1. The van der Waals surface area contributed by atoms with Gasteiger partial charge in [-0.25, -0.2) is 9.97 Å². The number of aromatic nitrogens is 3. The maximum atomic E-state index is 5.22. The van der Waals surface area contributed by atoms with E-state index in [0.717, 1.165) is 25.2 Å². The van der Waals surface area contributed by atoms with Crippen LogP contribution in [0.1, 0.15) is 41.8 Å². The average Bonchev–Trinajstić information content (AvgIpc) is 3.34. The van der Waals surface area contributed by atoms with Gasteiger partial charge in [-0.15, -0.1) is 0 Å². The average molecular weight is 411 g/mol. The van der Waals surface area contributed by atoms with E-state index < -0.39 is 0 Å². The summed E-state index contributed by atoms with van der Waals surface area (Å²) in [5.74, 6) is 1.19. The molecule has 0 atom stereocenters. The lowest BCUT2D eigenvalue weighted by Crippen LogP contribution is -2.31. The number of fused-ring (bicyclic) bond motifs is 1. The normalized spacial score (nSPS) is 13.8. The molecule has 2 aromatic carbocycles. The molecule has 0 saturated carbocycles. The second-order valence-electron chi connectivity index (χ2n) is 8.75. The van der Waals surface area contributed by atoms with Crippen LogP contribution >= 0.6 is 0 Å². The van der Waals surface area contributed by atoms with Crippen molar-refractivity contribution in [2.45, 2.75) is 39.2 Å². The van der Waals surface area contributed by atoms with Crippen molar-refractivity contribution in [3.63, 3.8) is 0 Å². The molecule has 3 heterocycles. The first-order valence-corrected chi connectivity index (χ1v) is 10.7. The zero-order chi connectivity index (χ0) is 21.4. The van der Waals surface area contributed by atoms with Crippen molar-refractivity contribution in [2.24, 2.45) is 0 Å². The van der Waals surface area contributed by atoms with Crippen LogP contribution in [0.3, 0.4) is 0 Å². The first-order chi connectivity index (χ1) is 15.0. The van der Waals surface area contributed by atoms with Crippen LogP contribution in [0.5, 0.6) is 0 Å². The summed E-state index contributed by atoms with van der Waals surface area (Å²) in [6.07, 6.45) is 4.47. The smallest absolute Gasteiger partial charge is 0.204 e. The van der Waals surface area contributed by atoms with Crippen molar-refractivity contribution in [3.05, 3.63) is 94.9 Å². The van der Waals surface area contributed by atoms with E-state index in [9.17, 15) is 0 Å². The van der Waals surface area contributed by atoms with Gasteiger partial charge in [0.1, 0.15) is 0 Å². The minimum atomic E-state index is -0.0417. The minimum Gasteiger partial charge on any atom is -0.365 e. The first-order valence-electron chi connectivity index (χ1n) is 10.7. The second-order valence-corrected chi connectivity index (χ2v) is 8.75. The zero-order valence-electron chi connectivity index (χ0n) is 18.2. The van der Waals surface area contributed by atoms with E-state index >= 15 is 0 Å². The Morgan fingerprint density at radius 3 is 2.32 bits per heavy atom. The van der Waals surface area contributed by atoms with Crippen molar-refractivity contribution >= 4 is 5.69 Å². The zero-order valence-corrected chi connectivity index (χ0v) is 18.2. The van der Waals surface area contributed by atoms with E-state index in [2.05, 4.69) is 84.3 Å². The fraction of sp³-hybridized carbons (Fsp3) is 0.269. The number of rotatable bonds is 4. The van der Waals surface area contributed by atoms with Gasteiger partial charge in [0.15, 0.2) is 5.82 Å². The van der Waals surface area contributed by atoms with Gasteiger partial charge in [0.05, 0.1) is 18.4 Å². The lowest BCUT2D eigenvalue weighted by atomic mass is 9.78. The van der Waals surface area contributed by atoms with Crippen LogP contribution in [0.2, 0.25) is 0 Å². The van der Waals surface area contributed by atoms with E-state index in [4.69, 9.17) is 9.51 Å². The molecular formula is C26H26N4O. The molecule has 1 aliphatic rings. The summed E-state index contributed by atoms with van der Waals surface area (Å²) in [6.45, 7) is 8.41. The third-order valence-corrected chi connectivity index (χ3v) is 6.33. The van der Waals surface area contributed by atoms with Crippen LogP contribution in [-0.2, 0) is 18.4 Å². The molecule has 0 fully saturated rings. The van der Waals surface area contributed by atoms with Crippen LogP contribution in [0.25, 0.3) is 11.6 Å². The van der Waals surface area contributed by atoms with Gasteiger partial charge < -0.3 is 9.42 Å². The van der Waals surface area contributed by atoms with Gasteiger partial charge >= 0.3 is 0 Å². The van der Waals surface area contributed by atoms with E-state index in [1.165, 1.54) is 27.9 Å². The van der Waals surface area contributed by atoms with Crippen LogP contribution in [0.4, 0.5) is 5.69 Å². The summed E-state index contributed by atoms with van der Waals surface area (Å²) in [7, 11) is 0. The maximum Gasteiger partial charge on any atom is 0.204 e. The Labute approximate surface area is 182 Å². The highest BCUT2D eigenvalue weighted by atomic mass is 16.5. The number of anilines is 1. The van der Waals surface area contributed by atoms with Gasteiger partial charge in [0, 0.05) is 29.9 Å². The maximum absolute atomic E-state index is 5.22. The summed E-state index contributed by atoms with van der Waals surface area (Å²) in [5.41, 5.74) is 7.36. The van der Waals surface area contributed by atoms with Crippen molar-refractivity contribution in [1.29, 1.82) is 0 Å². The molecule has 0 amide bonds. The van der Waals surface area contributed by atoms with Crippen LogP contribution in [0.15, 0.2) is 71.5 Å². The van der Waals surface area contributed by atoms with E-state index in [1.807, 2.05) is 6.20 Å². The highest BCUT2D eigenvalue weighted by Gasteiger charge is 2.24. The predicted molar refractivity (Wildman–Crippen MR) is 122 cm³/mol. The predicted octanol–water partition coefficient (Wildman–Crippen LogP) is 5.33. The molecule has 0 saturated heterocycles. The molecule has 5 nitrogen and oxygen atoms in total. The Morgan fingerprint density at radius 1 is 0.935 bits per heavy atom. The second kappa shape index (κ2) is 7.65. The number of benzene rings is 2. The van der Waals surface area contributed by atoms with E-state index in [0.29, 0.717) is 11.6 Å². The molecule has 31 heavy (non-hydrogen) atoms. The topological polar surface area (TPSA) is 55.1 Å². The molecule has 0 spiro atoms. The van der Waals surface area contributed by atoms with Crippen molar-refractivity contribution in [2.75, 3.05) is 11.4 Å². The Bertz CT molecular complexity index is 1180. The largest absolute Gasteiger partial charge is 0.365 e. The first kappa shape index (κ1) is 19.5. The standard InChI is InChI=1S/C26H26N4O/c1-18-4-6-20(7-5-18)26(2,3)21-8-10-22(11-9-21)30-15-13-19-16-27-25(29-23(19)17-30)24-12-14-28-31-24/h4-12,14,16H,13,15,17H2,1-3H3. The fourth-order valence-corrected chi connectivity index (χ4v) is 4.20. The third-order valence-electron chi connectivity index (χ3n) is 6.33. The molecule has 0 unspecified atom stereocenters. The number of hydrogen-bond acceptors (Lipinski definition) is 5. The monoisotopic (exact) mass is 410 g/mol. The Morgan fingerprint density at radius 2 is 1.65 bits per heavy atom. The van der Waals surface area contributed by atoms with Gasteiger partial charge in [-0.2, -0.15) is 0 Å². The molecule has 0 aliphatic carbocycles. The highest BCUT2D eigenvalue weighted by Crippen LogP contribution is 2.33. The van der Waals surface area contributed by atoms with Gasteiger partial charge in [0.2, 0.25) is 5.76 Å². The summed E-state index contributed by atoms with van der Waals surface area (Å²) in [6, 6.07) is 19.6. The van der Waals surface area contributed by atoms with Crippen LogP contribution in [0, 0.1) is 6.92 Å². The molecule has 2 aromatic heterocycles. The lowest BCUT2D eigenvalue weighted by Gasteiger charge is -2.31. The molecule has 5 heteroatoms. The SMILES string of the molecule is Cc1ccc(C(C)(C)c2ccc(N3CCc4cnc(-c5ccno5)nc4C3)cc2)cc1. The van der Waals surface area contributed by atoms with E-state index in [-0.39, 0.29) is 5.41 Å². The lowest BCUT2D eigenvalue weighted by molar-refractivity contribution is 0.429. The van der Waals surface area contributed by atoms with Crippen LogP contribution in [-0.4, -0.2) is 21.7 Å². The summed E-state index contributed by atoms with van der Waals surface area (Å²) >= 11 is 0. The molecule has 0 radical (unpaired) electrons. The Balaban J connectivity index is 1.37. The summed E-state index contributed by atoms with van der Waals surface area (Å²) in [4.78, 5) is 11.6. The molecule has 0 N–H and O–H groups in total. The summed E-state index contributed by atoms with van der Waals surface area (Å²) in [5, 5.41) is 3.76. The fourth-order valence-electron chi connectivity index (χ4n) is 4.20. The van der Waals surface area contributed by atoms with E-state index in [1.54, 1.807) is 12.3 Å². The number of hydrogen-bond donors (Lipinski definition) is 0. The number of nitrogens with zero attached hydrogens (tertiary/aromatic N) is 4. The van der Waals surface area contributed by atoms with Gasteiger partial charge in [-0.3, -0.25) is 0 Å². The van der Waals surface area contributed by atoms with Gasteiger partial charge in [-0.1, -0.05) is 61.0 Å². The van der Waals surface area contributed by atoms with Gasteiger partial charge in [-0.05, 0) is 42.2 Å². The van der Waals surface area contributed by atoms with Crippen molar-refractivity contribution < 1.29 is 4.52 Å². The molecular weight excluding hydrogens is 384 g/mol.